The van der Waals surface area contributed by atoms with Crippen molar-refractivity contribution in [3.63, 3.8) is 0 Å². The van der Waals surface area contributed by atoms with E-state index in [1.54, 1.807) is 12.3 Å². The largest absolute Gasteiger partial charge is 0.450 e. The van der Waals surface area contributed by atoms with Gasteiger partial charge >= 0.3 is 12.3 Å². The third-order valence-corrected chi connectivity index (χ3v) is 5.72. The number of hydrogen-bond donors (Lipinski definition) is 3. The number of primary amides is 1. The van der Waals surface area contributed by atoms with Crippen molar-refractivity contribution in [2.45, 2.75) is 45.3 Å². The Morgan fingerprint density at radius 3 is 2.80 bits per heavy atom. The zero-order chi connectivity index (χ0) is 25.2. The van der Waals surface area contributed by atoms with E-state index in [1.165, 1.54) is 6.20 Å². The van der Waals surface area contributed by atoms with E-state index in [0.29, 0.717) is 41.2 Å². The van der Waals surface area contributed by atoms with Crippen molar-refractivity contribution in [3.05, 3.63) is 58.2 Å². The van der Waals surface area contributed by atoms with Crippen LogP contribution in [0.1, 0.15) is 41.8 Å². The number of aryl methyl sites for hydroxylation is 2. The van der Waals surface area contributed by atoms with Gasteiger partial charge in [0.1, 0.15) is 0 Å². The second kappa shape index (κ2) is 9.72. The Labute approximate surface area is 198 Å². The number of nitrogens with zero attached hydrogens (tertiary/aromatic N) is 4. The summed E-state index contributed by atoms with van der Waals surface area (Å²) >= 11 is 0. The van der Waals surface area contributed by atoms with Crippen LogP contribution in [0.3, 0.4) is 0 Å². The Morgan fingerprint density at radius 2 is 2.06 bits per heavy atom. The summed E-state index contributed by atoms with van der Waals surface area (Å²) in [6.07, 6.45) is 1.65. The van der Waals surface area contributed by atoms with Gasteiger partial charge in [0.15, 0.2) is 0 Å². The highest BCUT2D eigenvalue weighted by Crippen LogP contribution is 2.35. The first kappa shape index (κ1) is 24.2. The van der Waals surface area contributed by atoms with E-state index in [0.717, 1.165) is 16.4 Å². The molecule has 35 heavy (non-hydrogen) atoms. The standard InChI is InChI=1S/C23H23F3N6O3/c1-13-18(7-14(10-28-13)3-2-6-35-21(27)33)30-22-29-11-16-12-32(34)20-5-4-17(23(24,25)26)8-15(20)9-19(16)31-22/h7-11H,2-6,12H2,1H3,(H3-,27,29,30,31,33,34)/p+1. The smallest absolute Gasteiger partial charge is 0.412 e. The third kappa shape index (κ3) is 5.76. The second-order valence-electron chi connectivity index (χ2n) is 8.25. The first-order valence-corrected chi connectivity index (χ1v) is 10.9. The van der Waals surface area contributed by atoms with Crippen LogP contribution in [0.4, 0.5) is 29.6 Å². The molecule has 12 heteroatoms. The lowest BCUT2D eigenvalue weighted by Gasteiger charge is -2.16. The molecular formula is C23H24F3N6O3+. The molecule has 2 aromatic heterocycles. The molecule has 184 valence electrons. The van der Waals surface area contributed by atoms with E-state index < -0.39 is 17.8 Å². The van der Waals surface area contributed by atoms with Gasteiger partial charge in [0.2, 0.25) is 18.2 Å². The number of anilines is 2. The maximum Gasteiger partial charge on any atom is 0.412 e. The lowest BCUT2D eigenvalue weighted by Crippen LogP contribution is -2.24. The number of amides is 1. The maximum absolute atomic E-state index is 13.3. The number of nitrogens with two attached hydrogens (primary N) is 1. The number of alkyl halides is 3. The highest BCUT2D eigenvalue weighted by molar-refractivity contribution is 6.04. The highest BCUT2D eigenvalue weighted by atomic mass is 19.4. The Bertz CT molecular complexity index is 1250. The number of halogens is 3. The number of carbonyl (C=O) groups is 1. The molecule has 0 bridgehead atoms. The quantitative estimate of drug-likeness (QED) is 0.318. The molecule has 1 aliphatic carbocycles. The van der Waals surface area contributed by atoms with Crippen LogP contribution in [-0.2, 0) is 17.7 Å². The van der Waals surface area contributed by atoms with Gasteiger partial charge in [-0.15, -0.1) is 0 Å². The van der Waals surface area contributed by atoms with Gasteiger partial charge in [-0.2, -0.15) is 13.2 Å². The first-order chi connectivity index (χ1) is 16.6. The molecule has 2 aromatic rings. The number of carbonyl (C=O) groups excluding carboxylic acids is 1. The fourth-order valence-corrected chi connectivity index (χ4v) is 3.91. The zero-order valence-corrected chi connectivity index (χ0v) is 18.9. The molecule has 1 aliphatic heterocycles. The molecule has 2 aliphatic rings. The molecule has 0 radical (unpaired) electrons. The van der Waals surface area contributed by atoms with Crippen molar-refractivity contribution in [2.24, 2.45) is 5.73 Å². The summed E-state index contributed by atoms with van der Waals surface area (Å²) in [7, 11) is 0. The molecule has 4 N–H and O–H groups in total. The van der Waals surface area contributed by atoms with Crippen molar-refractivity contribution >= 4 is 29.5 Å². The predicted octanol–water partition coefficient (Wildman–Crippen LogP) is 3.97. The molecule has 0 fully saturated rings. The van der Waals surface area contributed by atoms with Gasteiger partial charge in [0, 0.05) is 30.0 Å². The van der Waals surface area contributed by atoms with Gasteiger partial charge in [-0.1, -0.05) is 0 Å². The Balaban J connectivity index is 1.58. The Morgan fingerprint density at radius 1 is 1.26 bits per heavy atom. The van der Waals surface area contributed by atoms with E-state index >= 15 is 0 Å². The second-order valence-corrected chi connectivity index (χ2v) is 8.25. The number of aromatic nitrogens is 3. The average Bonchev–Trinajstić information content (AvgIpc) is 2.93. The monoisotopic (exact) mass is 489 g/mol. The number of nitrogens with one attached hydrogen (secondary N) is 1. The number of hydroxylamine groups is 1. The number of hydrogen-bond acceptors (Lipinski definition) is 7. The SMILES string of the molecule is Cc1ncc(CCCOC(N)=O)cc1Nc1ncc2c(n1)C=C1C=C(C(F)(F)F)CCC1=[N+](O)C2. The number of fused-ring (bicyclic) bond motifs is 2. The van der Waals surface area contributed by atoms with Crippen LogP contribution in [0.5, 0.6) is 0 Å². The Kier molecular flexibility index (Phi) is 6.72. The topological polar surface area (TPSA) is 126 Å². The summed E-state index contributed by atoms with van der Waals surface area (Å²) in [5.41, 5.74) is 8.24. The molecule has 1 amide bonds. The molecule has 0 saturated carbocycles. The molecule has 0 saturated heterocycles. The predicted molar refractivity (Wildman–Crippen MR) is 120 cm³/mol. The minimum absolute atomic E-state index is 0.0591. The third-order valence-electron chi connectivity index (χ3n) is 5.72. The highest BCUT2D eigenvalue weighted by Gasteiger charge is 2.38. The fourth-order valence-electron chi connectivity index (χ4n) is 3.91. The first-order valence-electron chi connectivity index (χ1n) is 10.9. The summed E-state index contributed by atoms with van der Waals surface area (Å²) in [6.45, 7) is 2.06. The van der Waals surface area contributed by atoms with E-state index in [2.05, 4.69) is 20.3 Å². The van der Waals surface area contributed by atoms with Gasteiger partial charge in [-0.05, 0) is 54.7 Å². The fraction of sp³-hybridized carbons (Fsp3) is 0.348. The van der Waals surface area contributed by atoms with Crippen molar-refractivity contribution in [1.29, 1.82) is 0 Å². The van der Waals surface area contributed by atoms with Crippen LogP contribution in [0.15, 0.2) is 35.7 Å². The molecular weight excluding hydrogens is 465 g/mol. The minimum Gasteiger partial charge on any atom is -0.450 e. The van der Waals surface area contributed by atoms with Gasteiger partial charge in [-0.3, -0.25) is 10.2 Å². The van der Waals surface area contributed by atoms with E-state index in [1.807, 2.05) is 13.0 Å². The van der Waals surface area contributed by atoms with Crippen molar-refractivity contribution < 1.29 is 32.6 Å². The minimum atomic E-state index is -4.43. The van der Waals surface area contributed by atoms with E-state index in [9.17, 15) is 23.2 Å². The maximum atomic E-state index is 13.3. The summed E-state index contributed by atoms with van der Waals surface area (Å²) in [4.78, 5) is 23.8. The molecule has 0 atom stereocenters. The summed E-state index contributed by atoms with van der Waals surface area (Å²) in [5, 5.41) is 13.6. The summed E-state index contributed by atoms with van der Waals surface area (Å²) < 4.78 is 45.5. The normalized spacial score (nSPS) is 15.4. The molecule has 3 heterocycles. The van der Waals surface area contributed by atoms with Crippen molar-refractivity contribution in [1.82, 2.24) is 15.0 Å². The summed E-state index contributed by atoms with van der Waals surface area (Å²) in [6, 6.07) is 1.88. The summed E-state index contributed by atoms with van der Waals surface area (Å²) in [5.74, 6) is 0.239. The number of pyridine rings is 1. The van der Waals surface area contributed by atoms with Crippen LogP contribution in [0.2, 0.25) is 0 Å². The molecule has 0 aromatic carbocycles. The molecule has 4 rings (SSSR count). The van der Waals surface area contributed by atoms with Crippen LogP contribution in [0, 0.1) is 6.92 Å². The van der Waals surface area contributed by atoms with Crippen LogP contribution in [-0.4, -0.2) is 49.5 Å². The van der Waals surface area contributed by atoms with Crippen LogP contribution < -0.4 is 11.1 Å². The van der Waals surface area contributed by atoms with Gasteiger partial charge in [0.05, 0.1) is 29.2 Å². The molecule has 9 nitrogen and oxygen atoms in total. The molecule has 0 spiro atoms. The van der Waals surface area contributed by atoms with Crippen molar-refractivity contribution in [3.8, 4) is 0 Å². The average molecular weight is 489 g/mol. The molecule has 0 unspecified atom stereocenters. The van der Waals surface area contributed by atoms with E-state index in [4.69, 9.17) is 10.5 Å². The van der Waals surface area contributed by atoms with Crippen molar-refractivity contribution in [2.75, 3.05) is 11.9 Å². The number of rotatable bonds is 6. The number of ether oxygens (including phenoxy) is 1. The Hall–Kier alpha value is -3.96. The lowest BCUT2D eigenvalue weighted by atomic mass is 9.92. The zero-order valence-electron chi connectivity index (χ0n) is 18.9. The van der Waals surface area contributed by atoms with Gasteiger partial charge < -0.3 is 15.8 Å². The van der Waals surface area contributed by atoms with Crippen LogP contribution >= 0.6 is 0 Å². The lowest BCUT2D eigenvalue weighted by molar-refractivity contribution is -0.787. The number of allylic oxidation sites excluding steroid dienone is 3. The van der Waals surface area contributed by atoms with Gasteiger partial charge in [-0.25, -0.2) is 14.8 Å². The van der Waals surface area contributed by atoms with Gasteiger partial charge in [0.25, 0.3) is 0 Å². The van der Waals surface area contributed by atoms with Crippen LogP contribution in [0.25, 0.3) is 6.08 Å². The van der Waals surface area contributed by atoms with E-state index in [-0.39, 0.29) is 37.5 Å².